The van der Waals surface area contributed by atoms with E-state index in [4.69, 9.17) is 32.7 Å². The predicted octanol–water partition coefficient (Wildman–Crippen LogP) is 5.56. The number of imide groups is 2. The third kappa shape index (κ3) is 5.01. The number of nitrogens with one attached hydrogen (secondary N) is 1. The molecular weight excluding hydrogens is 491 g/mol. The predicted molar refractivity (Wildman–Crippen MR) is 134 cm³/mol. The van der Waals surface area contributed by atoms with E-state index in [0.717, 1.165) is 10.5 Å². The molecule has 7 nitrogen and oxygen atoms in total. The number of hydrogen-bond acceptors (Lipinski definition) is 5. The number of anilines is 1. The van der Waals surface area contributed by atoms with Gasteiger partial charge in [-0.1, -0.05) is 53.5 Å². The van der Waals surface area contributed by atoms with Crippen LogP contribution in [0.5, 0.6) is 11.5 Å². The van der Waals surface area contributed by atoms with Gasteiger partial charge < -0.3 is 9.47 Å². The summed E-state index contributed by atoms with van der Waals surface area (Å²) < 4.78 is 11.3. The van der Waals surface area contributed by atoms with Crippen LogP contribution in [0, 0.1) is 6.92 Å². The van der Waals surface area contributed by atoms with Gasteiger partial charge in [-0.15, -0.1) is 0 Å². The van der Waals surface area contributed by atoms with Gasteiger partial charge in [-0.05, 0) is 54.5 Å². The summed E-state index contributed by atoms with van der Waals surface area (Å²) >= 11 is 12.3. The van der Waals surface area contributed by atoms with Gasteiger partial charge in [0.2, 0.25) is 0 Å². The highest BCUT2D eigenvalue weighted by Crippen LogP contribution is 2.32. The number of carbonyl (C=O) groups is 3. The summed E-state index contributed by atoms with van der Waals surface area (Å²) in [5, 5.41) is 3.18. The van der Waals surface area contributed by atoms with Gasteiger partial charge in [0.25, 0.3) is 11.8 Å². The molecule has 0 aliphatic carbocycles. The van der Waals surface area contributed by atoms with Crippen LogP contribution < -0.4 is 19.7 Å². The summed E-state index contributed by atoms with van der Waals surface area (Å²) in [6, 6.07) is 16.3. The summed E-state index contributed by atoms with van der Waals surface area (Å²) in [5.74, 6) is -0.704. The molecular formula is C26H20Cl2N2O5. The number of amides is 4. The second kappa shape index (κ2) is 10.2. The maximum absolute atomic E-state index is 13.2. The minimum absolute atomic E-state index is 0.212. The van der Waals surface area contributed by atoms with Crippen molar-refractivity contribution in [3.8, 4) is 11.5 Å². The highest BCUT2D eigenvalue weighted by Gasteiger charge is 2.37. The molecule has 178 valence electrons. The molecule has 0 spiro atoms. The third-order valence-electron chi connectivity index (χ3n) is 5.42. The van der Waals surface area contributed by atoms with Crippen LogP contribution in [-0.2, 0) is 16.2 Å². The number of ether oxygens (including phenoxy) is 2. The molecule has 35 heavy (non-hydrogen) atoms. The number of methoxy groups -OCH3 is 1. The third-order valence-corrected chi connectivity index (χ3v) is 6.20. The second-order valence-corrected chi connectivity index (χ2v) is 8.45. The van der Waals surface area contributed by atoms with E-state index in [9.17, 15) is 14.4 Å². The average molecular weight is 511 g/mol. The van der Waals surface area contributed by atoms with Gasteiger partial charge in [-0.2, -0.15) is 0 Å². The van der Waals surface area contributed by atoms with Crippen LogP contribution in [0.3, 0.4) is 0 Å². The van der Waals surface area contributed by atoms with Crippen molar-refractivity contribution in [3.63, 3.8) is 0 Å². The van der Waals surface area contributed by atoms with Crippen molar-refractivity contribution in [2.75, 3.05) is 12.0 Å². The van der Waals surface area contributed by atoms with Gasteiger partial charge in [0, 0.05) is 15.6 Å². The van der Waals surface area contributed by atoms with Crippen molar-refractivity contribution >= 4 is 52.8 Å². The van der Waals surface area contributed by atoms with E-state index < -0.39 is 17.8 Å². The first-order valence-electron chi connectivity index (χ1n) is 10.5. The first-order chi connectivity index (χ1) is 16.8. The van der Waals surface area contributed by atoms with Crippen molar-refractivity contribution in [3.05, 3.63) is 93.0 Å². The SMILES string of the molecule is COc1cc(/C=C2\C(=O)NC(=O)N(c3cccc(Cl)c3C)C2=O)ccc1OCc1ccccc1Cl. The van der Waals surface area contributed by atoms with E-state index in [0.29, 0.717) is 38.4 Å². The molecule has 1 fully saturated rings. The summed E-state index contributed by atoms with van der Waals surface area (Å²) in [6.07, 6.45) is 1.39. The fourth-order valence-electron chi connectivity index (χ4n) is 3.55. The van der Waals surface area contributed by atoms with Crippen molar-refractivity contribution in [2.24, 2.45) is 0 Å². The molecule has 0 saturated carbocycles. The summed E-state index contributed by atoms with van der Waals surface area (Å²) in [6.45, 7) is 1.91. The molecule has 0 bridgehead atoms. The second-order valence-electron chi connectivity index (χ2n) is 7.63. The van der Waals surface area contributed by atoms with Crippen molar-refractivity contribution in [2.45, 2.75) is 13.5 Å². The molecule has 0 aromatic heterocycles. The van der Waals surface area contributed by atoms with Gasteiger partial charge in [-0.25, -0.2) is 9.69 Å². The number of barbiturate groups is 1. The average Bonchev–Trinajstić information content (AvgIpc) is 2.84. The lowest BCUT2D eigenvalue weighted by atomic mass is 10.1. The summed E-state index contributed by atoms with van der Waals surface area (Å²) in [5.41, 5.74) is 1.93. The number of carbonyl (C=O) groups excluding carboxylic acids is 3. The van der Waals surface area contributed by atoms with Crippen LogP contribution in [0.1, 0.15) is 16.7 Å². The van der Waals surface area contributed by atoms with Gasteiger partial charge >= 0.3 is 6.03 Å². The van der Waals surface area contributed by atoms with Crippen molar-refractivity contribution < 1.29 is 23.9 Å². The van der Waals surface area contributed by atoms with Crippen molar-refractivity contribution in [1.29, 1.82) is 0 Å². The number of benzene rings is 3. The van der Waals surface area contributed by atoms with E-state index in [1.807, 2.05) is 18.2 Å². The van der Waals surface area contributed by atoms with Crippen LogP contribution >= 0.6 is 23.2 Å². The Labute approximate surface area is 211 Å². The number of nitrogens with zero attached hydrogens (tertiary/aromatic N) is 1. The molecule has 0 atom stereocenters. The van der Waals surface area contributed by atoms with Gasteiger partial charge in [-0.3, -0.25) is 14.9 Å². The van der Waals surface area contributed by atoms with Crippen LogP contribution in [0.15, 0.2) is 66.2 Å². The zero-order chi connectivity index (χ0) is 25.1. The Hall–Kier alpha value is -3.81. The molecule has 4 rings (SSSR count). The van der Waals surface area contributed by atoms with E-state index in [1.54, 1.807) is 49.4 Å². The van der Waals surface area contributed by atoms with Crippen LogP contribution in [-0.4, -0.2) is 25.0 Å². The Morgan fingerprint density at radius 2 is 1.69 bits per heavy atom. The molecule has 1 N–H and O–H groups in total. The molecule has 3 aromatic rings. The number of halogens is 2. The van der Waals surface area contributed by atoms with Crippen LogP contribution in [0.25, 0.3) is 6.08 Å². The van der Waals surface area contributed by atoms with E-state index in [1.165, 1.54) is 13.2 Å². The topological polar surface area (TPSA) is 84.9 Å². The zero-order valence-corrected chi connectivity index (χ0v) is 20.3. The summed E-state index contributed by atoms with van der Waals surface area (Å²) in [4.78, 5) is 39.1. The Bertz CT molecular complexity index is 1370. The Balaban J connectivity index is 1.63. The van der Waals surface area contributed by atoms with Crippen molar-refractivity contribution in [1.82, 2.24) is 5.32 Å². The fourth-order valence-corrected chi connectivity index (χ4v) is 3.91. The molecule has 3 aromatic carbocycles. The molecule has 1 saturated heterocycles. The maximum Gasteiger partial charge on any atom is 0.335 e. The van der Waals surface area contributed by atoms with Crippen LogP contribution in [0.2, 0.25) is 10.0 Å². The first-order valence-corrected chi connectivity index (χ1v) is 11.3. The summed E-state index contributed by atoms with van der Waals surface area (Å²) in [7, 11) is 1.48. The smallest absolute Gasteiger partial charge is 0.335 e. The van der Waals surface area contributed by atoms with E-state index in [2.05, 4.69) is 5.32 Å². The van der Waals surface area contributed by atoms with Gasteiger partial charge in [0.15, 0.2) is 11.5 Å². The van der Waals surface area contributed by atoms with Gasteiger partial charge in [0.1, 0.15) is 12.2 Å². The Morgan fingerprint density at radius 1 is 0.943 bits per heavy atom. The zero-order valence-electron chi connectivity index (χ0n) is 18.8. The highest BCUT2D eigenvalue weighted by molar-refractivity contribution is 6.40. The number of rotatable bonds is 6. The maximum atomic E-state index is 13.2. The van der Waals surface area contributed by atoms with Gasteiger partial charge in [0.05, 0.1) is 12.8 Å². The highest BCUT2D eigenvalue weighted by atomic mass is 35.5. The molecule has 0 radical (unpaired) electrons. The number of hydrogen-bond donors (Lipinski definition) is 1. The largest absolute Gasteiger partial charge is 0.493 e. The lowest BCUT2D eigenvalue weighted by Crippen LogP contribution is -2.54. The molecule has 1 heterocycles. The quantitative estimate of drug-likeness (QED) is 0.346. The fraction of sp³-hybridized carbons (Fsp3) is 0.115. The normalized spacial score (nSPS) is 14.8. The lowest BCUT2D eigenvalue weighted by Gasteiger charge is -2.27. The minimum Gasteiger partial charge on any atom is -0.493 e. The number of urea groups is 1. The molecule has 1 aliphatic rings. The van der Waals surface area contributed by atoms with Crippen LogP contribution in [0.4, 0.5) is 10.5 Å². The Morgan fingerprint density at radius 3 is 2.43 bits per heavy atom. The van der Waals surface area contributed by atoms with E-state index >= 15 is 0 Å². The minimum atomic E-state index is -0.844. The first kappa shape index (κ1) is 24.3. The molecule has 1 aliphatic heterocycles. The monoisotopic (exact) mass is 510 g/mol. The standard InChI is InChI=1S/C26H20Cl2N2O5/c1-15-19(27)8-5-9-21(15)30-25(32)18(24(31)29-26(30)33)12-16-10-11-22(23(13-16)34-2)35-14-17-6-3-4-7-20(17)28/h3-13H,14H2,1-2H3,(H,29,31,33)/b18-12+. The lowest BCUT2D eigenvalue weighted by molar-refractivity contribution is -0.122. The van der Waals surface area contributed by atoms with E-state index in [-0.39, 0.29) is 12.2 Å². The molecule has 9 heteroatoms. The molecule has 4 amide bonds. The molecule has 0 unspecified atom stereocenters. The Kier molecular flexibility index (Phi) is 7.10.